The molecular weight excluding hydrogens is 326 g/mol. The molecule has 0 unspecified atom stereocenters. The van der Waals surface area contributed by atoms with Gasteiger partial charge < -0.3 is 25.4 Å². The van der Waals surface area contributed by atoms with E-state index in [0.717, 1.165) is 0 Å². The molecule has 0 aliphatic heterocycles. The Hall–Kier alpha value is -3.06. The lowest BCUT2D eigenvalue weighted by molar-refractivity contribution is -0.148. The third-order valence-electron chi connectivity index (χ3n) is 3.62. The summed E-state index contributed by atoms with van der Waals surface area (Å²) in [6, 6.07) is 12.3. The maximum absolute atomic E-state index is 12.1. The minimum absolute atomic E-state index is 0.0599. The van der Waals surface area contributed by atoms with Gasteiger partial charge in [-0.1, -0.05) is 24.3 Å². The molecule has 0 aliphatic rings. The summed E-state index contributed by atoms with van der Waals surface area (Å²) in [6.07, 6.45) is -0.0599. The highest BCUT2D eigenvalue weighted by Gasteiger charge is 2.37. The zero-order valence-electron chi connectivity index (χ0n) is 13.6. The van der Waals surface area contributed by atoms with Crippen molar-refractivity contribution in [1.82, 2.24) is 0 Å². The summed E-state index contributed by atoms with van der Waals surface area (Å²) in [4.78, 5) is 24.1. The number of carbonyl (C=O) groups excluding carboxylic acids is 2. The normalized spacial score (nSPS) is 12.9. The Bertz CT molecular complexity index is 761. The molecule has 0 fully saturated rings. The van der Waals surface area contributed by atoms with Crippen molar-refractivity contribution in [3.8, 4) is 11.5 Å². The van der Waals surface area contributed by atoms with Crippen molar-refractivity contribution >= 4 is 11.9 Å². The minimum Gasteiger partial charge on any atom is -0.504 e. The SMILES string of the molecule is COC(=O)[C@@](N)(COC(=O)c1ccccc1)Cc1ccc(O)c(O)c1. The summed E-state index contributed by atoms with van der Waals surface area (Å²) in [5, 5.41) is 18.9. The van der Waals surface area contributed by atoms with Gasteiger partial charge in [0.15, 0.2) is 17.0 Å². The van der Waals surface area contributed by atoms with Crippen LogP contribution in [-0.4, -0.2) is 41.4 Å². The second-order valence-corrected chi connectivity index (χ2v) is 5.59. The minimum atomic E-state index is -1.64. The van der Waals surface area contributed by atoms with E-state index in [-0.39, 0.29) is 17.9 Å². The van der Waals surface area contributed by atoms with Crippen LogP contribution in [-0.2, 0) is 20.7 Å². The number of carbonyl (C=O) groups is 2. The van der Waals surface area contributed by atoms with Crippen molar-refractivity contribution in [3.05, 3.63) is 59.7 Å². The van der Waals surface area contributed by atoms with Gasteiger partial charge in [0.1, 0.15) is 6.61 Å². The maximum atomic E-state index is 12.1. The largest absolute Gasteiger partial charge is 0.504 e. The van der Waals surface area contributed by atoms with Crippen LogP contribution in [0.25, 0.3) is 0 Å². The molecule has 2 rings (SSSR count). The lowest BCUT2D eigenvalue weighted by atomic mass is 9.92. The number of benzene rings is 2. The van der Waals surface area contributed by atoms with E-state index < -0.39 is 24.1 Å². The Morgan fingerprint density at radius 3 is 2.36 bits per heavy atom. The number of phenolic OH excluding ortho intramolecular Hbond substituents is 2. The van der Waals surface area contributed by atoms with Gasteiger partial charge in [-0.25, -0.2) is 9.59 Å². The van der Waals surface area contributed by atoms with Gasteiger partial charge in [-0.15, -0.1) is 0 Å². The van der Waals surface area contributed by atoms with E-state index in [1.807, 2.05) is 0 Å². The standard InChI is InChI=1S/C18H19NO6/c1-24-17(23)18(19,10-12-7-8-14(20)15(21)9-12)11-25-16(22)13-5-3-2-4-6-13/h2-9,20-21H,10-11,19H2,1H3/t18-/m0/s1. The van der Waals surface area contributed by atoms with Gasteiger partial charge >= 0.3 is 11.9 Å². The molecule has 1 atom stereocenters. The quantitative estimate of drug-likeness (QED) is 0.534. The predicted molar refractivity (Wildman–Crippen MR) is 89.1 cm³/mol. The van der Waals surface area contributed by atoms with Crippen molar-refractivity contribution in [2.75, 3.05) is 13.7 Å². The van der Waals surface area contributed by atoms with Crippen LogP contribution in [0.3, 0.4) is 0 Å². The van der Waals surface area contributed by atoms with Gasteiger partial charge in [-0.05, 0) is 29.8 Å². The molecule has 0 aliphatic carbocycles. The molecule has 0 amide bonds. The fourth-order valence-electron chi connectivity index (χ4n) is 2.28. The highest BCUT2D eigenvalue weighted by Crippen LogP contribution is 2.27. The highest BCUT2D eigenvalue weighted by atomic mass is 16.5. The van der Waals surface area contributed by atoms with E-state index in [9.17, 15) is 19.8 Å². The average molecular weight is 345 g/mol. The number of nitrogens with two attached hydrogens (primary N) is 1. The molecule has 2 aromatic rings. The smallest absolute Gasteiger partial charge is 0.338 e. The van der Waals surface area contributed by atoms with Crippen LogP contribution >= 0.6 is 0 Å². The lowest BCUT2D eigenvalue weighted by Crippen LogP contribution is -2.54. The first kappa shape index (κ1) is 18.3. The maximum Gasteiger partial charge on any atom is 0.338 e. The first-order chi connectivity index (χ1) is 11.9. The third kappa shape index (κ3) is 4.48. The summed E-state index contributed by atoms with van der Waals surface area (Å²) in [6.45, 7) is -0.408. The lowest BCUT2D eigenvalue weighted by Gasteiger charge is -2.26. The molecule has 2 aromatic carbocycles. The molecule has 0 saturated carbocycles. The Balaban J connectivity index is 2.15. The van der Waals surface area contributed by atoms with E-state index in [4.69, 9.17) is 15.2 Å². The van der Waals surface area contributed by atoms with E-state index in [0.29, 0.717) is 11.1 Å². The Morgan fingerprint density at radius 2 is 1.76 bits per heavy atom. The predicted octanol–water partition coefficient (Wildman–Crippen LogP) is 1.37. The van der Waals surface area contributed by atoms with Gasteiger partial charge in [0.05, 0.1) is 12.7 Å². The molecule has 4 N–H and O–H groups in total. The van der Waals surface area contributed by atoms with Gasteiger partial charge in [-0.2, -0.15) is 0 Å². The van der Waals surface area contributed by atoms with Crippen molar-refractivity contribution in [3.63, 3.8) is 0 Å². The fraction of sp³-hybridized carbons (Fsp3) is 0.222. The topological polar surface area (TPSA) is 119 Å². The first-order valence-electron chi connectivity index (χ1n) is 7.46. The van der Waals surface area contributed by atoms with Crippen molar-refractivity contribution in [2.24, 2.45) is 5.73 Å². The molecule has 132 valence electrons. The third-order valence-corrected chi connectivity index (χ3v) is 3.62. The van der Waals surface area contributed by atoms with E-state index in [1.54, 1.807) is 30.3 Å². The molecule has 0 aromatic heterocycles. The number of aromatic hydroxyl groups is 2. The Labute approximate surface area is 144 Å². The average Bonchev–Trinajstić information content (AvgIpc) is 2.62. The summed E-state index contributed by atoms with van der Waals surface area (Å²) in [5.41, 5.74) is 5.27. The summed E-state index contributed by atoms with van der Waals surface area (Å²) < 4.78 is 9.88. The van der Waals surface area contributed by atoms with Crippen LogP contribution in [0.4, 0.5) is 0 Å². The summed E-state index contributed by atoms with van der Waals surface area (Å²) >= 11 is 0. The van der Waals surface area contributed by atoms with Gasteiger partial charge in [0.2, 0.25) is 0 Å². The number of hydrogen-bond donors (Lipinski definition) is 3. The van der Waals surface area contributed by atoms with E-state index in [2.05, 4.69) is 0 Å². The second-order valence-electron chi connectivity index (χ2n) is 5.59. The number of rotatable bonds is 6. The molecular formula is C18H19NO6. The number of phenols is 2. The Kier molecular flexibility index (Phi) is 5.61. The monoisotopic (exact) mass is 345 g/mol. The molecule has 0 radical (unpaired) electrons. The van der Waals surface area contributed by atoms with Gasteiger partial charge in [0.25, 0.3) is 0 Å². The van der Waals surface area contributed by atoms with Crippen molar-refractivity contribution in [2.45, 2.75) is 12.0 Å². The van der Waals surface area contributed by atoms with Crippen molar-refractivity contribution in [1.29, 1.82) is 0 Å². The van der Waals surface area contributed by atoms with Gasteiger partial charge in [0, 0.05) is 6.42 Å². The fourth-order valence-corrected chi connectivity index (χ4v) is 2.28. The Morgan fingerprint density at radius 1 is 1.08 bits per heavy atom. The number of esters is 2. The zero-order chi connectivity index (χ0) is 18.4. The van der Waals surface area contributed by atoms with Crippen LogP contribution in [0, 0.1) is 0 Å². The summed E-state index contributed by atoms with van der Waals surface area (Å²) in [5.74, 6) is -2.01. The molecule has 7 nitrogen and oxygen atoms in total. The molecule has 7 heteroatoms. The van der Waals surface area contributed by atoms with Crippen LogP contribution in [0.5, 0.6) is 11.5 Å². The zero-order valence-corrected chi connectivity index (χ0v) is 13.6. The van der Waals surface area contributed by atoms with E-state index >= 15 is 0 Å². The van der Waals surface area contributed by atoms with Crippen LogP contribution in [0.1, 0.15) is 15.9 Å². The molecule has 0 saturated heterocycles. The van der Waals surface area contributed by atoms with Crippen molar-refractivity contribution < 1.29 is 29.3 Å². The molecule has 25 heavy (non-hydrogen) atoms. The van der Waals surface area contributed by atoms with Crippen LogP contribution in [0.2, 0.25) is 0 Å². The molecule has 0 heterocycles. The summed E-state index contributed by atoms with van der Waals surface area (Å²) in [7, 11) is 1.18. The first-order valence-corrected chi connectivity index (χ1v) is 7.46. The van der Waals surface area contributed by atoms with Crippen LogP contribution in [0.15, 0.2) is 48.5 Å². The number of ether oxygens (including phenoxy) is 2. The van der Waals surface area contributed by atoms with Gasteiger partial charge in [-0.3, -0.25) is 0 Å². The molecule has 0 bridgehead atoms. The van der Waals surface area contributed by atoms with E-state index in [1.165, 1.54) is 25.3 Å². The van der Waals surface area contributed by atoms with Crippen LogP contribution < -0.4 is 5.73 Å². The highest BCUT2D eigenvalue weighted by molar-refractivity contribution is 5.90. The number of hydrogen-bond acceptors (Lipinski definition) is 7. The second kappa shape index (κ2) is 7.67. The molecule has 0 spiro atoms. The number of methoxy groups -OCH3 is 1.